The Bertz CT molecular complexity index is 1440. The summed E-state index contributed by atoms with van der Waals surface area (Å²) in [5.41, 5.74) is 3.46. The van der Waals surface area contributed by atoms with E-state index in [1.165, 1.54) is 0 Å². The summed E-state index contributed by atoms with van der Waals surface area (Å²) in [7, 11) is 0. The zero-order valence-electron chi connectivity index (χ0n) is 21.9. The Morgan fingerprint density at radius 2 is 1.97 bits per heavy atom. The minimum atomic E-state index is -1.10. The van der Waals surface area contributed by atoms with Crippen molar-refractivity contribution < 1.29 is 23.9 Å². The molecule has 198 valence electrons. The average molecular weight is 535 g/mol. The van der Waals surface area contributed by atoms with Gasteiger partial charge in [0.1, 0.15) is 15.9 Å². The van der Waals surface area contributed by atoms with Crippen molar-refractivity contribution in [2.24, 2.45) is 0 Å². The normalized spacial score (nSPS) is 13.9. The lowest BCUT2D eigenvalue weighted by Crippen LogP contribution is -2.35. The second-order valence-corrected chi connectivity index (χ2v) is 9.95. The molecular weight excluding hydrogens is 504 g/mol. The highest BCUT2D eigenvalue weighted by molar-refractivity contribution is 7.18. The molecule has 0 saturated heterocycles. The molecular formula is C28H30N4O5S. The van der Waals surface area contributed by atoms with Crippen LogP contribution < -0.4 is 5.32 Å². The van der Waals surface area contributed by atoms with Crippen molar-refractivity contribution in [1.29, 1.82) is 5.26 Å². The summed E-state index contributed by atoms with van der Waals surface area (Å²) in [6.45, 7) is 9.61. The molecule has 1 aliphatic rings. The Labute approximate surface area is 225 Å². The molecule has 3 aromatic rings. The van der Waals surface area contributed by atoms with Crippen LogP contribution in [-0.2, 0) is 27.2 Å². The third-order valence-electron chi connectivity index (χ3n) is 6.65. The van der Waals surface area contributed by atoms with Crippen molar-refractivity contribution in [3.63, 3.8) is 0 Å². The molecule has 38 heavy (non-hydrogen) atoms. The van der Waals surface area contributed by atoms with Crippen LogP contribution in [0.15, 0.2) is 24.3 Å². The fourth-order valence-corrected chi connectivity index (χ4v) is 5.63. The van der Waals surface area contributed by atoms with E-state index in [0.29, 0.717) is 28.6 Å². The van der Waals surface area contributed by atoms with Crippen LogP contribution in [0.4, 0.5) is 5.00 Å². The van der Waals surface area contributed by atoms with E-state index in [9.17, 15) is 19.6 Å². The van der Waals surface area contributed by atoms with Gasteiger partial charge in [0.15, 0.2) is 6.10 Å². The molecule has 1 unspecified atom stereocenters. The number of thiophene rings is 1. The predicted molar refractivity (Wildman–Crippen MR) is 144 cm³/mol. The number of esters is 2. The van der Waals surface area contributed by atoms with E-state index in [1.54, 1.807) is 20.8 Å². The molecule has 1 aromatic carbocycles. The third-order valence-corrected chi connectivity index (χ3v) is 7.83. The number of likely N-dealkylation sites (N-methyl/N-ethyl adjacent to an activating group) is 1. The molecule has 0 aliphatic carbocycles. The summed E-state index contributed by atoms with van der Waals surface area (Å²) in [5, 5.41) is 13.2. The topological polar surface area (TPSA) is 122 Å². The summed E-state index contributed by atoms with van der Waals surface area (Å²) >= 11 is 0.970. The predicted octanol–water partition coefficient (Wildman–Crippen LogP) is 4.61. The van der Waals surface area contributed by atoms with Gasteiger partial charge in [-0.05, 0) is 38.4 Å². The van der Waals surface area contributed by atoms with E-state index in [2.05, 4.69) is 17.1 Å². The van der Waals surface area contributed by atoms with Crippen LogP contribution in [0.25, 0.3) is 10.9 Å². The Balaban J connectivity index is 1.63. The largest absolute Gasteiger partial charge is 0.462 e. The van der Waals surface area contributed by atoms with Gasteiger partial charge in [0.05, 0.1) is 23.3 Å². The van der Waals surface area contributed by atoms with Gasteiger partial charge in [0, 0.05) is 36.2 Å². The number of fused-ring (bicyclic) bond motifs is 2. The molecule has 4 rings (SSSR count). The van der Waals surface area contributed by atoms with Gasteiger partial charge in [-0.1, -0.05) is 32.0 Å². The fourth-order valence-electron chi connectivity index (χ4n) is 4.58. The lowest BCUT2D eigenvalue weighted by atomic mass is 9.95. The van der Waals surface area contributed by atoms with Crippen molar-refractivity contribution in [3.8, 4) is 6.07 Å². The van der Waals surface area contributed by atoms with Crippen molar-refractivity contribution in [1.82, 2.24) is 9.88 Å². The van der Waals surface area contributed by atoms with Gasteiger partial charge in [0.25, 0.3) is 5.91 Å². The van der Waals surface area contributed by atoms with Gasteiger partial charge < -0.3 is 14.8 Å². The number of amides is 1. The fraction of sp³-hybridized carbons (Fsp3) is 0.393. The van der Waals surface area contributed by atoms with Gasteiger partial charge in [-0.15, -0.1) is 11.3 Å². The highest BCUT2D eigenvalue weighted by Gasteiger charge is 2.30. The number of aromatic nitrogens is 1. The average Bonchev–Trinajstić information content (AvgIpc) is 3.24. The maximum absolute atomic E-state index is 13.6. The van der Waals surface area contributed by atoms with E-state index >= 15 is 0 Å². The molecule has 0 saturated carbocycles. The number of nitriles is 1. The third kappa shape index (κ3) is 5.26. The molecule has 10 heteroatoms. The number of ether oxygens (including phenoxy) is 2. The van der Waals surface area contributed by atoms with Crippen molar-refractivity contribution in [2.75, 3.05) is 25.0 Å². The SMILES string of the molecule is CCOC(=O)c1sc(NC(=O)C(CC)OC(=O)c2c3c(nc4ccccc24)CCN(CC)C3)c(C#N)c1C. The van der Waals surface area contributed by atoms with Crippen molar-refractivity contribution in [2.45, 2.75) is 53.2 Å². The lowest BCUT2D eigenvalue weighted by Gasteiger charge is -2.29. The monoisotopic (exact) mass is 534 g/mol. The standard InChI is InChI=1S/C28H30N4O5S/c1-5-22(25(33)31-26-18(14-29)16(4)24(38-26)28(35)36-7-3)37-27(34)23-17-10-8-9-11-20(17)30-21-12-13-32(6-2)15-19(21)23/h8-11,22H,5-7,12-13,15H2,1-4H3,(H,31,33). The molecule has 1 N–H and O–H groups in total. The molecule has 1 atom stereocenters. The minimum Gasteiger partial charge on any atom is -0.462 e. The first-order valence-electron chi connectivity index (χ1n) is 12.7. The number of nitrogens with zero attached hydrogens (tertiary/aromatic N) is 3. The van der Waals surface area contributed by atoms with E-state index in [1.807, 2.05) is 30.3 Å². The number of nitrogens with one attached hydrogen (secondary N) is 1. The maximum atomic E-state index is 13.6. The van der Waals surface area contributed by atoms with Gasteiger partial charge in [-0.2, -0.15) is 5.26 Å². The molecule has 2 aromatic heterocycles. The molecule has 3 heterocycles. The highest BCUT2D eigenvalue weighted by atomic mass is 32.1. The summed E-state index contributed by atoms with van der Waals surface area (Å²) in [6.07, 6.45) is -0.152. The number of hydrogen-bond acceptors (Lipinski definition) is 9. The second kappa shape index (κ2) is 11.7. The number of carbonyl (C=O) groups excluding carboxylic acids is 3. The van der Waals surface area contributed by atoms with Crippen LogP contribution in [0.5, 0.6) is 0 Å². The molecule has 0 radical (unpaired) electrons. The van der Waals surface area contributed by atoms with Crippen LogP contribution in [0, 0.1) is 18.3 Å². The zero-order chi connectivity index (χ0) is 27.4. The first-order chi connectivity index (χ1) is 18.3. The Kier molecular flexibility index (Phi) is 8.39. The van der Waals surface area contributed by atoms with Gasteiger partial charge in [-0.3, -0.25) is 14.7 Å². The quantitative estimate of drug-likeness (QED) is 0.416. The van der Waals surface area contributed by atoms with Crippen LogP contribution in [0.1, 0.15) is 69.6 Å². The number of hydrogen-bond donors (Lipinski definition) is 1. The van der Waals surface area contributed by atoms with Gasteiger partial charge in [0.2, 0.25) is 0 Å². The summed E-state index contributed by atoms with van der Waals surface area (Å²) in [4.78, 5) is 46.4. The van der Waals surface area contributed by atoms with E-state index in [4.69, 9.17) is 14.5 Å². The van der Waals surface area contributed by atoms with Gasteiger partial charge in [-0.25, -0.2) is 9.59 Å². The lowest BCUT2D eigenvalue weighted by molar-refractivity contribution is -0.124. The van der Waals surface area contributed by atoms with Crippen molar-refractivity contribution >= 4 is 45.1 Å². The van der Waals surface area contributed by atoms with E-state index in [0.717, 1.165) is 42.1 Å². The maximum Gasteiger partial charge on any atom is 0.348 e. The number of para-hydroxylation sites is 1. The van der Waals surface area contributed by atoms with Crippen LogP contribution >= 0.6 is 11.3 Å². The summed E-state index contributed by atoms with van der Waals surface area (Å²) in [6, 6.07) is 9.48. The van der Waals surface area contributed by atoms with E-state index < -0.39 is 23.9 Å². The Hall–Kier alpha value is -3.81. The van der Waals surface area contributed by atoms with E-state index in [-0.39, 0.29) is 28.5 Å². The smallest absolute Gasteiger partial charge is 0.348 e. The number of benzene rings is 1. The Morgan fingerprint density at radius 1 is 1.21 bits per heavy atom. The first kappa shape index (κ1) is 27.2. The number of rotatable bonds is 8. The van der Waals surface area contributed by atoms with Crippen LogP contribution in [0.2, 0.25) is 0 Å². The molecule has 0 spiro atoms. The number of pyridine rings is 1. The zero-order valence-corrected chi connectivity index (χ0v) is 22.7. The van der Waals surface area contributed by atoms with Crippen LogP contribution in [0.3, 0.4) is 0 Å². The van der Waals surface area contributed by atoms with Gasteiger partial charge >= 0.3 is 11.9 Å². The number of anilines is 1. The summed E-state index contributed by atoms with van der Waals surface area (Å²) < 4.78 is 10.9. The molecule has 0 bridgehead atoms. The molecule has 1 amide bonds. The molecule has 1 aliphatic heterocycles. The van der Waals surface area contributed by atoms with Crippen molar-refractivity contribution in [3.05, 3.63) is 57.1 Å². The Morgan fingerprint density at radius 3 is 2.66 bits per heavy atom. The first-order valence-corrected chi connectivity index (χ1v) is 13.5. The molecule has 0 fully saturated rings. The number of carbonyl (C=O) groups is 3. The second-order valence-electron chi connectivity index (χ2n) is 8.93. The molecule has 9 nitrogen and oxygen atoms in total. The highest BCUT2D eigenvalue weighted by Crippen LogP contribution is 2.34. The summed E-state index contributed by atoms with van der Waals surface area (Å²) in [5.74, 6) is -1.72. The minimum absolute atomic E-state index is 0.182. The van der Waals surface area contributed by atoms with Crippen LogP contribution in [-0.4, -0.2) is 53.5 Å².